The molecule has 0 heteroatoms. The summed E-state index contributed by atoms with van der Waals surface area (Å²) in [4.78, 5) is 0. The highest BCUT2D eigenvalue weighted by Crippen LogP contribution is 2.26. The summed E-state index contributed by atoms with van der Waals surface area (Å²) in [6, 6.07) is 0. The van der Waals surface area contributed by atoms with Crippen molar-refractivity contribution in [1.82, 2.24) is 0 Å². The van der Waals surface area contributed by atoms with Crippen LogP contribution in [0.3, 0.4) is 0 Å². The molecule has 0 aliphatic heterocycles. The van der Waals surface area contributed by atoms with Gasteiger partial charge in [-0.25, -0.2) is 0 Å². The summed E-state index contributed by atoms with van der Waals surface area (Å²) in [5.74, 6) is 2.90. The van der Waals surface area contributed by atoms with Crippen molar-refractivity contribution in [2.45, 2.75) is 112 Å². The average molecular weight is 283 g/mol. The molecule has 20 heavy (non-hydrogen) atoms. The molecule has 0 aliphatic rings. The monoisotopic (exact) mass is 282 g/mol. The molecule has 0 aliphatic carbocycles. The second-order valence-corrected chi connectivity index (χ2v) is 7.33. The van der Waals surface area contributed by atoms with Crippen LogP contribution in [0.15, 0.2) is 0 Å². The third-order valence-corrected chi connectivity index (χ3v) is 4.87. The van der Waals surface area contributed by atoms with Crippen LogP contribution in [0.4, 0.5) is 0 Å². The Labute approximate surface area is 130 Å². The maximum atomic E-state index is 2.37. The maximum Gasteiger partial charge on any atom is -0.0414 e. The second-order valence-electron chi connectivity index (χ2n) is 7.33. The third kappa shape index (κ3) is 11.8. The molecule has 0 aromatic rings. The summed E-state index contributed by atoms with van der Waals surface area (Å²) in [6.45, 7) is 11.8. The first-order valence-corrected chi connectivity index (χ1v) is 9.63. The van der Waals surface area contributed by atoms with Crippen LogP contribution in [0.5, 0.6) is 0 Å². The molecule has 0 spiro atoms. The Morgan fingerprint density at radius 1 is 0.550 bits per heavy atom. The number of rotatable bonds is 14. The number of unbranched alkanes of at least 4 members (excludes halogenated alkanes) is 2. The largest absolute Gasteiger partial charge is 0.0654 e. The molecule has 0 radical (unpaired) electrons. The lowest BCUT2D eigenvalue weighted by Gasteiger charge is -2.20. The second kappa shape index (κ2) is 14.0. The van der Waals surface area contributed by atoms with Crippen LogP contribution in [0.2, 0.25) is 0 Å². The Balaban J connectivity index is 3.93. The summed E-state index contributed by atoms with van der Waals surface area (Å²) < 4.78 is 0. The first-order valence-electron chi connectivity index (χ1n) is 9.63. The topological polar surface area (TPSA) is 0 Å². The van der Waals surface area contributed by atoms with E-state index >= 15 is 0 Å². The van der Waals surface area contributed by atoms with E-state index in [0.29, 0.717) is 0 Å². The lowest BCUT2D eigenvalue weighted by molar-refractivity contribution is 0.332. The minimum Gasteiger partial charge on any atom is -0.0654 e. The molecule has 0 nitrogen and oxygen atoms in total. The van der Waals surface area contributed by atoms with E-state index in [1.165, 1.54) is 77.0 Å². The van der Waals surface area contributed by atoms with Crippen LogP contribution < -0.4 is 0 Å². The fraction of sp³-hybridized carbons (Fsp3) is 1.00. The Bertz CT molecular complexity index is 182. The molecule has 0 bridgehead atoms. The molecule has 0 fully saturated rings. The first kappa shape index (κ1) is 20.0. The normalized spacial score (nSPS) is 14.7. The molecule has 122 valence electrons. The third-order valence-electron chi connectivity index (χ3n) is 4.87. The molecule has 0 N–H and O–H groups in total. The van der Waals surface area contributed by atoms with Crippen LogP contribution in [-0.2, 0) is 0 Å². The van der Waals surface area contributed by atoms with Crippen LogP contribution >= 0.6 is 0 Å². The molecule has 0 saturated heterocycles. The van der Waals surface area contributed by atoms with Gasteiger partial charge in [0.15, 0.2) is 0 Å². The summed E-state index contributed by atoms with van der Waals surface area (Å²) in [7, 11) is 0. The SMILES string of the molecule is CCCCCC(CCCC(CC)CCC)CCC(C)C. The Kier molecular flexibility index (Phi) is 14.0. The van der Waals surface area contributed by atoms with Gasteiger partial charge in [-0.05, 0) is 17.8 Å². The van der Waals surface area contributed by atoms with Crippen molar-refractivity contribution in [1.29, 1.82) is 0 Å². The Morgan fingerprint density at radius 3 is 1.75 bits per heavy atom. The van der Waals surface area contributed by atoms with E-state index in [-0.39, 0.29) is 0 Å². The van der Waals surface area contributed by atoms with Crippen molar-refractivity contribution in [2.75, 3.05) is 0 Å². The zero-order chi connectivity index (χ0) is 15.2. The molecule has 0 aromatic heterocycles. The fourth-order valence-corrected chi connectivity index (χ4v) is 3.34. The van der Waals surface area contributed by atoms with Gasteiger partial charge in [0.25, 0.3) is 0 Å². The first-order chi connectivity index (χ1) is 9.63. The van der Waals surface area contributed by atoms with E-state index in [1.54, 1.807) is 0 Å². The summed E-state index contributed by atoms with van der Waals surface area (Å²) in [5, 5.41) is 0. The predicted octanol–water partition coefficient (Wildman–Crippen LogP) is 7.62. The zero-order valence-electron chi connectivity index (χ0n) is 15.2. The van der Waals surface area contributed by atoms with Crippen LogP contribution in [-0.4, -0.2) is 0 Å². The van der Waals surface area contributed by atoms with Gasteiger partial charge in [0.1, 0.15) is 0 Å². The van der Waals surface area contributed by atoms with Gasteiger partial charge in [-0.1, -0.05) is 112 Å². The minimum atomic E-state index is 0.882. The van der Waals surface area contributed by atoms with Gasteiger partial charge in [-0.2, -0.15) is 0 Å². The van der Waals surface area contributed by atoms with E-state index in [9.17, 15) is 0 Å². The van der Waals surface area contributed by atoms with Gasteiger partial charge < -0.3 is 0 Å². The predicted molar refractivity (Wildman–Crippen MR) is 94.2 cm³/mol. The van der Waals surface area contributed by atoms with E-state index in [0.717, 1.165) is 17.8 Å². The summed E-state index contributed by atoms with van der Waals surface area (Å²) >= 11 is 0. The van der Waals surface area contributed by atoms with Gasteiger partial charge in [0.2, 0.25) is 0 Å². The lowest BCUT2D eigenvalue weighted by Crippen LogP contribution is -2.05. The fourth-order valence-electron chi connectivity index (χ4n) is 3.34. The van der Waals surface area contributed by atoms with Crippen molar-refractivity contribution in [3.8, 4) is 0 Å². The van der Waals surface area contributed by atoms with Crippen molar-refractivity contribution in [3.63, 3.8) is 0 Å². The minimum absolute atomic E-state index is 0.882. The van der Waals surface area contributed by atoms with Gasteiger partial charge in [0.05, 0.1) is 0 Å². The zero-order valence-corrected chi connectivity index (χ0v) is 15.2. The molecule has 0 rings (SSSR count). The van der Waals surface area contributed by atoms with Crippen LogP contribution in [0.25, 0.3) is 0 Å². The molecular formula is C20H42. The molecule has 0 heterocycles. The van der Waals surface area contributed by atoms with Crippen LogP contribution in [0.1, 0.15) is 112 Å². The maximum absolute atomic E-state index is 2.37. The molecule has 2 atom stereocenters. The highest BCUT2D eigenvalue weighted by Gasteiger charge is 2.11. The van der Waals surface area contributed by atoms with E-state index in [2.05, 4.69) is 34.6 Å². The Morgan fingerprint density at radius 2 is 1.20 bits per heavy atom. The van der Waals surface area contributed by atoms with E-state index < -0.39 is 0 Å². The van der Waals surface area contributed by atoms with Crippen LogP contribution in [0, 0.1) is 17.8 Å². The molecular weight excluding hydrogens is 240 g/mol. The summed E-state index contributed by atoms with van der Waals surface area (Å²) in [5.41, 5.74) is 0. The Hall–Kier alpha value is 0. The number of hydrogen-bond acceptors (Lipinski definition) is 0. The quantitative estimate of drug-likeness (QED) is 0.287. The van der Waals surface area contributed by atoms with Crippen molar-refractivity contribution >= 4 is 0 Å². The smallest absolute Gasteiger partial charge is 0.0414 e. The van der Waals surface area contributed by atoms with Gasteiger partial charge in [-0.3, -0.25) is 0 Å². The molecule has 2 unspecified atom stereocenters. The highest BCUT2D eigenvalue weighted by molar-refractivity contribution is 4.64. The molecule has 0 aromatic carbocycles. The van der Waals surface area contributed by atoms with E-state index in [1.807, 2.05) is 0 Å². The average Bonchev–Trinajstić information content (AvgIpc) is 2.43. The van der Waals surface area contributed by atoms with Crippen molar-refractivity contribution in [3.05, 3.63) is 0 Å². The van der Waals surface area contributed by atoms with Crippen molar-refractivity contribution in [2.24, 2.45) is 17.8 Å². The summed E-state index contributed by atoms with van der Waals surface area (Å²) in [6.07, 6.45) is 17.3. The molecule has 0 saturated carbocycles. The number of hydrogen-bond donors (Lipinski definition) is 0. The van der Waals surface area contributed by atoms with Gasteiger partial charge in [0, 0.05) is 0 Å². The highest BCUT2D eigenvalue weighted by atomic mass is 14.2. The standard InChI is InChI=1S/C20H42/c1-6-9-10-13-20(17-16-18(4)5)15-11-14-19(8-3)12-7-2/h18-20H,6-17H2,1-5H3. The van der Waals surface area contributed by atoms with E-state index in [4.69, 9.17) is 0 Å². The molecule has 0 amide bonds. The van der Waals surface area contributed by atoms with Gasteiger partial charge in [-0.15, -0.1) is 0 Å². The van der Waals surface area contributed by atoms with Crippen molar-refractivity contribution < 1.29 is 0 Å². The lowest BCUT2D eigenvalue weighted by atomic mass is 9.86. The van der Waals surface area contributed by atoms with Gasteiger partial charge >= 0.3 is 0 Å².